The maximum absolute atomic E-state index is 3.84. The zero-order valence-corrected chi connectivity index (χ0v) is 32.1. The van der Waals surface area contributed by atoms with E-state index in [4.69, 9.17) is 0 Å². The predicted octanol–water partition coefficient (Wildman–Crippen LogP) is 13.3. The van der Waals surface area contributed by atoms with Gasteiger partial charge >= 0.3 is 0 Å². The number of hydrazine groups is 1. The molecule has 1 rings (SSSR count). The van der Waals surface area contributed by atoms with E-state index >= 15 is 0 Å². The molecular formula is C44H83N3. The Kier molecular flexibility index (Phi) is 35.1. The van der Waals surface area contributed by atoms with Crippen molar-refractivity contribution in [3.63, 3.8) is 0 Å². The zero-order chi connectivity index (χ0) is 33.6. The molecule has 0 aromatic rings. The molecular weight excluding hydrogens is 571 g/mol. The van der Waals surface area contributed by atoms with Gasteiger partial charge in [-0.1, -0.05) is 140 Å². The van der Waals surface area contributed by atoms with Crippen molar-refractivity contribution in [3.05, 3.63) is 48.6 Å². The van der Waals surface area contributed by atoms with Crippen LogP contribution < -0.4 is 5.43 Å². The first kappa shape index (κ1) is 43.9. The van der Waals surface area contributed by atoms with Gasteiger partial charge in [-0.15, -0.1) is 0 Å². The van der Waals surface area contributed by atoms with E-state index in [1.54, 1.807) is 0 Å². The summed E-state index contributed by atoms with van der Waals surface area (Å²) in [7, 11) is 0. The van der Waals surface area contributed by atoms with Gasteiger partial charge in [0.15, 0.2) is 0 Å². The maximum Gasteiger partial charge on any atom is 0.0130 e. The van der Waals surface area contributed by atoms with Gasteiger partial charge < -0.3 is 4.90 Å². The normalized spacial score (nSPS) is 14.5. The molecule has 0 aromatic heterocycles. The minimum absolute atomic E-state index is 1.12. The Balaban J connectivity index is 2.08. The van der Waals surface area contributed by atoms with Gasteiger partial charge in [0.2, 0.25) is 0 Å². The highest BCUT2D eigenvalue weighted by Crippen LogP contribution is 2.12. The van der Waals surface area contributed by atoms with Gasteiger partial charge in [-0.3, -0.25) is 5.43 Å². The van der Waals surface area contributed by atoms with Crippen molar-refractivity contribution in [2.45, 2.75) is 194 Å². The third-order valence-electron chi connectivity index (χ3n) is 9.69. The Bertz CT molecular complexity index is 670. The number of hydrogen-bond acceptors (Lipinski definition) is 3. The molecule has 0 bridgehead atoms. The van der Waals surface area contributed by atoms with Crippen molar-refractivity contribution in [3.8, 4) is 0 Å². The van der Waals surface area contributed by atoms with Gasteiger partial charge in [0.05, 0.1) is 0 Å². The number of allylic oxidation sites excluding steroid dienone is 8. The molecule has 0 amide bonds. The van der Waals surface area contributed by atoms with Crippen LogP contribution >= 0.6 is 0 Å². The highest BCUT2D eigenvalue weighted by Gasteiger charge is 2.10. The Morgan fingerprint density at radius 1 is 0.447 bits per heavy atom. The molecule has 1 saturated heterocycles. The van der Waals surface area contributed by atoms with E-state index < -0.39 is 0 Å². The minimum atomic E-state index is 1.12. The second-order valence-electron chi connectivity index (χ2n) is 14.3. The molecule has 1 fully saturated rings. The van der Waals surface area contributed by atoms with E-state index in [1.807, 2.05) is 0 Å². The van der Waals surface area contributed by atoms with Crippen molar-refractivity contribution in [2.24, 2.45) is 0 Å². The van der Waals surface area contributed by atoms with Crippen LogP contribution in [0.4, 0.5) is 0 Å². The van der Waals surface area contributed by atoms with Gasteiger partial charge in [0.1, 0.15) is 0 Å². The highest BCUT2D eigenvalue weighted by atomic mass is 15.5. The smallest absolute Gasteiger partial charge is 0.0130 e. The van der Waals surface area contributed by atoms with Gasteiger partial charge in [-0.05, 0) is 122 Å². The summed E-state index contributed by atoms with van der Waals surface area (Å²) in [5.41, 5.74) is 3.84. The summed E-state index contributed by atoms with van der Waals surface area (Å²) in [6, 6.07) is 0. The first-order chi connectivity index (χ1) is 23.4. The predicted molar refractivity (Wildman–Crippen MR) is 213 cm³/mol. The van der Waals surface area contributed by atoms with Gasteiger partial charge in [0.25, 0.3) is 0 Å². The monoisotopic (exact) mass is 654 g/mol. The molecule has 1 N–H and O–H groups in total. The van der Waals surface area contributed by atoms with Crippen molar-refractivity contribution in [2.75, 3.05) is 39.3 Å². The molecule has 0 radical (unpaired) electrons. The molecule has 0 saturated carbocycles. The first-order valence-electron chi connectivity index (χ1n) is 21.2. The fraction of sp³-hybridized carbons (Fsp3) is 0.818. The van der Waals surface area contributed by atoms with Crippen LogP contribution in [0.5, 0.6) is 0 Å². The Labute approximate surface area is 296 Å². The van der Waals surface area contributed by atoms with Crippen LogP contribution in [0, 0.1) is 0 Å². The number of likely N-dealkylation sites (tertiary alicyclic amines) is 1. The van der Waals surface area contributed by atoms with Crippen LogP contribution in [-0.4, -0.2) is 49.2 Å². The first-order valence-corrected chi connectivity index (χ1v) is 21.2. The lowest BCUT2D eigenvalue weighted by Gasteiger charge is -2.24. The fourth-order valence-corrected chi connectivity index (χ4v) is 6.56. The van der Waals surface area contributed by atoms with E-state index in [1.165, 1.54) is 200 Å². The average Bonchev–Trinajstić information content (AvgIpc) is 3.61. The summed E-state index contributed by atoms with van der Waals surface area (Å²) >= 11 is 0. The van der Waals surface area contributed by atoms with Gasteiger partial charge in [-0.2, -0.15) is 0 Å². The van der Waals surface area contributed by atoms with E-state index in [2.05, 4.69) is 77.8 Å². The van der Waals surface area contributed by atoms with Crippen molar-refractivity contribution in [1.82, 2.24) is 15.3 Å². The van der Waals surface area contributed by atoms with Crippen LogP contribution in [0.3, 0.4) is 0 Å². The standard InChI is InChI=1S/C44H83N3/c1-3-5-7-9-11-13-15-17-19-21-23-25-27-29-31-34-43-47(45-39-33-36-40-46-41-37-38-42-46)44-35-32-30-28-26-24-22-20-18-16-14-12-10-8-6-4-2/h11-14,17-20,45H,3-10,15-16,21-44H2,1-2H3/b13-11-,14-12-,19-17-,20-18-. The molecule has 274 valence electrons. The largest absolute Gasteiger partial charge is 0.303 e. The maximum atomic E-state index is 3.84. The van der Waals surface area contributed by atoms with Crippen molar-refractivity contribution < 1.29 is 0 Å². The summed E-state index contributed by atoms with van der Waals surface area (Å²) in [4.78, 5) is 2.66. The number of nitrogens with one attached hydrogen (secondary N) is 1. The number of rotatable bonds is 36. The summed E-state index contributed by atoms with van der Waals surface area (Å²) < 4.78 is 0. The Morgan fingerprint density at radius 3 is 1.30 bits per heavy atom. The number of hydrogen-bond donors (Lipinski definition) is 1. The second kappa shape index (κ2) is 37.7. The molecule has 1 heterocycles. The number of unbranched alkanes of at least 4 members (excludes halogenated alkanes) is 19. The molecule has 0 atom stereocenters. The zero-order valence-electron chi connectivity index (χ0n) is 32.1. The quantitative estimate of drug-likeness (QED) is 0.0412. The summed E-state index contributed by atoms with van der Waals surface area (Å²) in [6.45, 7) is 12.1. The summed E-state index contributed by atoms with van der Waals surface area (Å²) in [6.07, 6.45) is 56.3. The van der Waals surface area contributed by atoms with Crippen molar-refractivity contribution >= 4 is 0 Å². The average molecular weight is 654 g/mol. The molecule has 47 heavy (non-hydrogen) atoms. The molecule has 1 aliphatic rings. The molecule has 3 heteroatoms. The van der Waals surface area contributed by atoms with Crippen molar-refractivity contribution in [1.29, 1.82) is 0 Å². The van der Waals surface area contributed by atoms with Crippen LogP contribution in [0.15, 0.2) is 48.6 Å². The third-order valence-corrected chi connectivity index (χ3v) is 9.69. The van der Waals surface area contributed by atoms with Crippen LogP contribution in [0.1, 0.15) is 194 Å². The topological polar surface area (TPSA) is 18.5 Å². The minimum Gasteiger partial charge on any atom is -0.303 e. The highest BCUT2D eigenvalue weighted by molar-refractivity contribution is 4.93. The van der Waals surface area contributed by atoms with Crippen LogP contribution in [0.25, 0.3) is 0 Å². The van der Waals surface area contributed by atoms with Gasteiger partial charge in [0, 0.05) is 19.6 Å². The Hall–Kier alpha value is -1.16. The molecule has 0 aliphatic carbocycles. The molecule has 0 aromatic carbocycles. The Morgan fingerprint density at radius 2 is 0.851 bits per heavy atom. The van der Waals surface area contributed by atoms with E-state index in [-0.39, 0.29) is 0 Å². The van der Waals surface area contributed by atoms with E-state index in [0.29, 0.717) is 0 Å². The van der Waals surface area contributed by atoms with E-state index in [9.17, 15) is 0 Å². The summed E-state index contributed by atoms with van der Waals surface area (Å²) in [5.74, 6) is 0. The third kappa shape index (κ3) is 33.1. The van der Waals surface area contributed by atoms with Crippen LogP contribution in [-0.2, 0) is 0 Å². The lowest BCUT2D eigenvalue weighted by molar-refractivity contribution is 0.176. The number of nitrogens with zero attached hydrogens (tertiary/aromatic N) is 2. The second-order valence-corrected chi connectivity index (χ2v) is 14.3. The lowest BCUT2D eigenvalue weighted by atomic mass is 10.1. The summed E-state index contributed by atoms with van der Waals surface area (Å²) in [5, 5.41) is 2.59. The molecule has 3 nitrogen and oxygen atoms in total. The SMILES string of the molecule is CCCCC/C=C\C/C=C\CCCCCCCCN(CCCCCCCC/C=C\C/C=C\CCCCC)NCCCCN1CCCC1. The molecule has 0 unspecified atom stereocenters. The molecule has 1 aliphatic heterocycles. The van der Waals surface area contributed by atoms with E-state index in [0.717, 1.165) is 19.4 Å². The lowest BCUT2D eigenvalue weighted by Crippen LogP contribution is -2.40. The van der Waals surface area contributed by atoms with Crippen LogP contribution in [0.2, 0.25) is 0 Å². The fourth-order valence-electron chi connectivity index (χ4n) is 6.56. The molecule has 0 spiro atoms. The van der Waals surface area contributed by atoms with Gasteiger partial charge in [-0.25, -0.2) is 5.01 Å².